The van der Waals surface area contributed by atoms with Crippen molar-refractivity contribution in [3.63, 3.8) is 0 Å². The summed E-state index contributed by atoms with van der Waals surface area (Å²) in [4.78, 5) is 21.2. The van der Waals surface area contributed by atoms with E-state index in [1.807, 2.05) is 28.2 Å². The lowest BCUT2D eigenvalue weighted by Gasteiger charge is -1.96. The van der Waals surface area contributed by atoms with E-state index in [0.29, 0.717) is 12.1 Å². The van der Waals surface area contributed by atoms with Crippen LogP contribution in [0.1, 0.15) is 16.2 Å². The number of ketones is 1. The van der Waals surface area contributed by atoms with Crippen LogP contribution in [0.15, 0.2) is 42.2 Å². The number of aromatic nitrogens is 3. The number of hydrogen-bond donors (Lipinski definition) is 0. The summed E-state index contributed by atoms with van der Waals surface area (Å²) in [6, 6.07) is 5.33. The molecule has 0 N–H and O–H groups in total. The molecule has 3 aromatic rings. The summed E-state index contributed by atoms with van der Waals surface area (Å²) in [7, 11) is 0. The minimum atomic E-state index is -0.00338. The van der Waals surface area contributed by atoms with Crippen molar-refractivity contribution in [3.8, 4) is 0 Å². The second kappa shape index (κ2) is 4.10. The zero-order chi connectivity index (χ0) is 11.7. The number of fused-ring (bicyclic) bond motifs is 1. The molecule has 0 spiro atoms. The van der Waals surface area contributed by atoms with Gasteiger partial charge in [0.05, 0.1) is 12.1 Å². The molecule has 3 rings (SSSR count). The van der Waals surface area contributed by atoms with E-state index in [1.54, 1.807) is 29.7 Å². The van der Waals surface area contributed by atoms with E-state index in [2.05, 4.69) is 9.97 Å². The highest BCUT2D eigenvalue weighted by Crippen LogP contribution is 2.12. The summed E-state index contributed by atoms with van der Waals surface area (Å²) in [5, 5.41) is 1.96. The van der Waals surface area contributed by atoms with Crippen LogP contribution in [0.2, 0.25) is 0 Å². The lowest BCUT2D eigenvalue weighted by atomic mass is 10.1. The van der Waals surface area contributed by atoms with Gasteiger partial charge in [0.2, 0.25) is 0 Å². The fraction of sp³-hybridized carbons (Fsp3) is 0.0833. The van der Waals surface area contributed by atoms with Gasteiger partial charge in [0.1, 0.15) is 5.69 Å². The Labute approximate surface area is 102 Å². The number of nitrogens with zero attached hydrogens (tertiary/aromatic N) is 3. The first-order valence-electron chi connectivity index (χ1n) is 5.18. The molecule has 0 aliphatic carbocycles. The van der Waals surface area contributed by atoms with Gasteiger partial charge in [-0.1, -0.05) is 6.07 Å². The summed E-state index contributed by atoms with van der Waals surface area (Å²) >= 11 is 1.56. The van der Waals surface area contributed by atoms with Crippen molar-refractivity contribution in [3.05, 3.63) is 53.6 Å². The summed E-state index contributed by atoms with van der Waals surface area (Å²) in [6.07, 6.45) is 5.73. The van der Waals surface area contributed by atoms with Crippen molar-refractivity contribution in [1.82, 2.24) is 14.4 Å². The molecular weight excluding hydrogens is 234 g/mol. The molecule has 3 heterocycles. The third-order valence-electron chi connectivity index (χ3n) is 2.44. The monoisotopic (exact) mass is 243 g/mol. The summed E-state index contributed by atoms with van der Waals surface area (Å²) < 4.78 is 1.92. The minimum Gasteiger partial charge on any atom is -0.297 e. The van der Waals surface area contributed by atoms with Crippen LogP contribution in [0, 0.1) is 0 Å². The average molecular weight is 243 g/mol. The van der Waals surface area contributed by atoms with Crippen molar-refractivity contribution >= 4 is 22.1 Å². The average Bonchev–Trinajstić information content (AvgIpc) is 2.90. The number of pyridine rings is 1. The van der Waals surface area contributed by atoms with Crippen molar-refractivity contribution in [1.29, 1.82) is 0 Å². The number of carbonyl (C=O) groups excluding carboxylic acids is 1. The Morgan fingerprint density at radius 3 is 3.12 bits per heavy atom. The van der Waals surface area contributed by atoms with Crippen LogP contribution < -0.4 is 0 Å². The standard InChI is InChI=1S/C12H9N3OS/c16-11(10-3-1-2-4-13-10)7-9-8-15-5-6-17-12(15)14-9/h1-6,8H,7H2. The maximum atomic E-state index is 11.9. The van der Waals surface area contributed by atoms with E-state index in [9.17, 15) is 4.79 Å². The normalized spacial score (nSPS) is 10.8. The van der Waals surface area contributed by atoms with E-state index in [4.69, 9.17) is 0 Å². The van der Waals surface area contributed by atoms with Crippen molar-refractivity contribution in [2.75, 3.05) is 0 Å². The molecule has 4 nitrogen and oxygen atoms in total. The highest BCUT2D eigenvalue weighted by atomic mass is 32.1. The quantitative estimate of drug-likeness (QED) is 0.663. The molecule has 84 valence electrons. The Morgan fingerprint density at radius 1 is 1.41 bits per heavy atom. The minimum absolute atomic E-state index is 0.00338. The van der Waals surface area contributed by atoms with E-state index in [1.165, 1.54) is 0 Å². The fourth-order valence-corrected chi connectivity index (χ4v) is 2.36. The van der Waals surface area contributed by atoms with E-state index < -0.39 is 0 Å². The molecule has 0 amide bonds. The van der Waals surface area contributed by atoms with Crippen LogP contribution in [0.3, 0.4) is 0 Å². The predicted octanol–water partition coefficient (Wildman–Crippen LogP) is 2.22. The molecule has 0 aliphatic rings. The van der Waals surface area contributed by atoms with Gasteiger partial charge in [-0.05, 0) is 12.1 Å². The van der Waals surface area contributed by atoms with E-state index >= 15 is 0 Å². The Morgan fingerprint density at radius 2 is 2.35 bits per heavy atom. The maximum Gasteiger partial charge on any atom is 0.193 e. The van der Waals surface area contributed by atoms with Crippen LogP contribution in [0.25, 0.3) is 4.96 Å². The molecule has 0 saturated carbocycles. The number of rotatable bonds is 3. The first-order chi connectivity index (χ1) is 8.33. The first-order valence-corrected chi connectivity index (χ1v) is 6.06. The molecule has 0 bridgehead atoms. The Kier molecular flexibility index (Phi) is 2.45. The summed E-state index contributed by atoms with van der Waals surface area (Å²) in [6.45, 7) is 0. The second-order valence-electron chi connectivity index (χ2n) is 3.64. The van der Waals surface area contributed by atoms with Gasteiger partial charge in [0.15, 0.2) is 10.7 Å². The zero-order valence-corrected chi connectivity index (χ0v) is 9.72. The molecule has 0 saturated heterocycles. The molecule has 0 unspecified atom stereocenters. The lowest BCUT2D eigenvalue weighted by Crippen LogP contribution is -2.05. The zero-order valence-electron chi connectivity index (χ0n) is 8.91. The van der Waals surface area contributed by atoms with Crippen molar-refractivity contribution in [2.24, 2.45) is 0 Å². The van der Waals surface area contributed by atoms with E-state index in [-0.39, 0.29) is 5.78 Å². The van der Waals surface area contributed by atoms with Gasteiger partial charge in [-0.3, -0.25) is 14.2 Å². The second-order valence-corrected chi connectivity index (χ2v) is 4.51. The molecule has 3 aromatic heterocycles. The number of imidazole rings is 1. The molecular formula is C12H9N3OS. The highest BCUT2D eigenvalue weighted by Gasteiger charge is 2.10. The van der Waals surface area contributed by atoms with Gasteiger partial charge >= 0.3 is 0 Å². The third-order valence-corrected chi connectivity index (χ3v) is 3.21. The van der Waals surface area contributed by atoms with Crippen LogP contribution >= 0.6 is 11.3 Å². The van der Waals surface area contributed by atoms with Crippen LogP contribution in [0.5, 0.6) is 0 Å². The predicted molar refractivity (Wildman–Crippen MR) is 65.3 cm³/mol. The molecule has 5 heteroatoms. The largest absolute Gasteiger partial charge is 0.297 e. The summed E-state index contributed by atoms with van der Waals surface area (Å²) in [5.74, 6) is -0.00338. The van der Waals surface area contributed by atoms with Crippen molar-refractivity contribution < 1.29 is 4.79 Å². The Balaban J connectivity index is 1.84. The van der Waals surface area contributed by atoms with Gasteiger partial charge in [-0.25, -0.2) is 4.98 Å². The Bertz CT molecular complexity index is 628. The maximum absolute atomic E-state index is 11.9. The third kappa shape index (κ3) is 1.97. The molecule has 17 heavy (non-hydrogen) atoms. The number of carbonyl (C=O) groups is 1. The molecule has 0 aromatic carbocycles. The van der Waals surface area contributed by atoms with Crippen LogP contribution in [-0.2, 0) is 6.42 Å². The van der Waals surface area contributed by atoms with Gasteiger partial charge in [0.25, 0.3) is 0 Å². The van der Waals surface area contributed by atoms with Gasteiger partial charge in [-0.2, -0.15) is 0 Å². The topological polar surface area (TPSA) is 47.3 Å². The first kappa shape index (κ1) is 10.2. The van der Waals surface area contributed by atoms with Gasteiger partial charge < -0.3 is 0 Å². The van der Waals surface area contributed by atoms with Gasteiger partial charge in [-0.15, -0.1) is 11.3 Å². The lowest BCUT2D eigenvalue weighted by molar-refractivity contribution is 0.0987. The smallest absolute Gasteiger partial charge is 0.193 e. The number of hydrogen-bond acceptors (Lipinski definition) is 4. The Hall–Kier alpha value is -2.01. The number of thiazole rings is 1. The molecule has 0 aliphatic heterocycles. The van der Waals surface area contributed by atoms with Gasteiger partial charge in [0, 0.05) is 24.0 Å². The van der Waals surface area contributed by atoms with Crippen LogP contribution in [-0.4, -0.2) is 20.2 Å². The van der Waals surface area contributed by atoms with E-state index in [0.717, 1.165) is 10.7 Å². The van der Waals surface area contributed by atoms with Crippen LogP contribution in [0.4, 0.5) is 0 Å². The molecule has 0 fully saturated rings. The molecule has 0 radical (unpaired) electrons. The summed E-state index contributed by atoms with van der Waals surface area (Å²) in [5.41, 5.74) is 1.27. The van der Waals surface area contributed by atoms with Crippen molar-refractivity contribution in [2.45, 2.75) is 6.42 Å². The number of Topliss-reactive ketones (excluding diaryl/α,β-unsaturated/α-hetero) is 1. The highest BCUT2D eigenvalue weighted by molar-refractivity contribution is 7.15. The fourth-order valence-electron chi connectivity index (χ4n) is 1.64. The molecule has 0 atom stereocenters. The SMILES string of the molecule is O=C(Cc1cn2ccsc2n1)c1ccccn1.